The summed E-state index contributed by atoms with van der Waals surface area (Å²) in [5.41, 5.74) is 1.76. The van der Waals surface area contributed by atoms with E-state index in [0.717, 1.165) is 23.3 Å². The molecule has 0 bridgehead atoms. The highest BCUT2D eigenvalue weighted by molar-refractivity contribution is 7.99. The van der Waals surface area contributed by atoms with E-state index in [0.29, 0.717) is 17.9 Å². The van der Waals surface area contributed by atoms with Gasteiger partial charge in [-0.3, -0.25) is 4.79 Å². The summed E-state index contributed by atoms with van der Waals surface area (Å²) in [5, 5.41) is 3.77. The Kier molecular flexibility index (Phi) is 5.92. The fourth-order valence-corrected chi connectivity index (χ4v) is 3.92. The number of hydrogen-bond donors (Lipinski definition) is 1. The lowest BCUT2D eigenvalue weighted by Gasteiger charge is -2.20. The van der Waals surface area contributed by atoms with Crippen molar-refractivity contribution in [3.05, 3.63) is 35.4 Å². The summed E-state index contributed by atoms with van der Waals surface area (Å²) in [6.07, 6.45) is 3.53. The predicted molar refractivity (Wildman–Crippen MR) is 84.2 cm³/mol. The molecule has 1 amide bonds. The van der Waals surface area contributed by atoms with E-state index < -0.39 is 0 Å². The Bertz CT molecular complexity index is 450. The number of carbonyl (C=O) groups excluding carboxylic acids is 1. The quantitative estimate of drug-likeness (QED) is 0.875. The van der Waals surface area contributed by atoms with Gasteiger partial charge >= 0.3 is 0 Å². The highest BCUT2D eigenvalue weighted by atomic mass is 32.2. The lowest BCUT2D eigenvalue weighted by atomic mass is 10.1. The van der Waals surface area contributed by atoms with Gasteiger partial charge in [-0.05, 0) is 36.3 Å². The van der Waals surface area contributed by atoms with Crippen LogP contribution in [0.15, 0.2) is 24.3 Å². The number of hydrogen-bond acceptors (Lipinski definition) is 3. The van der Waals surface area contributed by atoms with Gasteiger partial charge in [0.25, 0.3) is 5.91 Å². The molecule has 1 fully saturated rings. The third-order valence-corrected chi connectivity index (χ3v) is 4.98. The van der Waals surface area contributed by atoms with Crippen molar-refractivity contribution in [2.24, 2.45) is 0 Å². The van der Waals surface area contributed by atoms with Crippen molar-refractivity contribution < 1.29 is 9.53 Å². The van der Waals surface area contributed by atoms with Gasteiger partial charge < -0.3 is 10.1 Å². The van der Waals surface area contributed by atoms with Crippen LogP contribution in [0.1, 0.15) is 42.1 Å². The largest absolute Gasteiger partial charge is 0.380 e. The van der Waals surface area contributed by atoms with Crippen LogP contribution in [-0.2, 0) is 11.3 Å². The number of ether oxygens (including phenoxy) is 1. The first-order valence-electron chi connectivity index (χ1n) is 7.25. The molecule has 0 spiro atoms. The van der Waals surface area contributed by atoms with Crippen molar-refractivity contribution >= 4 is 17.7 Å². The van der Waals surface area contributed by atoms with Crippen LogP contribution in [0.4, 0.5) is 0 Å². The number of methoxy groups -OCH3 is 1. The van der Waals surface area contributed by atoms with Crippen LogP contribution in [0, 0.1) is 0 Å². The maximum atomic E-state index is 12.3. The Hall–Kier alpha value is -1.00. The van der Waals surface area contributed by atoms with E-state index in [4.69, 9.17) is 4.74 Å². The topological polar surface area (TPSA) is 38.3 Å². The minimum Gasteiger partial charge on any atom is -0.380 e. The molecule has 0 radical (unpaired) electrons. The highest BCUT2D eigenvalue weighted by Crippen LogP contribution is 2.30. The first-order chi connectivity index (χ1) is 9.74. The first-order valence-corrected chi connectivity index (χ1v) is 8.29. The van der Waals surface area contributed by atoms with Crippen LogP contribution < -0.4 is 5.32 Å². The molecule has 0 saturated heterocycles. The molecule has 1 aliphatic carbocycles. The summed E-state index contributed by atoms with van der Waals surface area (Å²) in [5.74, 6) is 1.15. The van der Waals surface area contributed by atoms with Gasteiger partial charge in [0.1, 0.15) is 0 Å². The SMILES string of the molecule is CCSC1CCCC1NC(=O)c1cccc(COC)c1. The Labute approximate surface area is 125 Å². The maximum Gasteiger partial charge on any atom is 0.251 e. The van der Waals surface area contributed by atoms with Gasteiger partial charge in [-0.1, -0.05) is 25.5 Å². The molecular formula is C16H23NO2S. The molecule has 1 aromatic rings. The second kappa shape index (κ2) is 7.70. The van der Waals surface area contributed by atoms with Gasteiger partial charge in [-0.15, -0.1) is 0 Å². The Balaban J connectivity index is 1.98. The highest BCUT2D eigenvalue weighted by Gasteiger charge is 2.28. The third kappa shape index (κ3) is 4.00. The minimum absolute atomic E-state index is 0.0385. The summed E-state index contributed by atoms with van der Waals surface area (Å²) >= 11 is 1.96. The van der Waals surface area contributed by atoms with Crippen LogP contribution in [0.5, 0.6) is 0 Å². The Morgan fingerprint density at radius 3 is 3.05 bits per heavy atom. The van der Waals surface area contributed by atoms with Gasteiger partial charge in [-0.2, -0.15) is 11.8 Å². The fourth-order valence-electron chi connectivity index (χ4n) is 2.73. The molecule has 1 aliphatic rings. The van der Waals surface area contributed by atoms with Gasteiger partial charge in [0, 0.05) is 24.0 Å². The van der Waals surface area contributed by atoms with Crippen molar-refractivity contribution in [1.29, 1.82) is 0 Å². The van der Waals surface area contributed by atoms with Crippen LogP contribution in [0.2, 0.25) is 0 Å². The standard InChI is InChI=1S/C16H23NO2S/c1-3-20-15-9-5-8-14(15)17-16(18)13-7-4-6-12(10-13)11-19-2/h4,6-7,10,14-15H,3,5,8-9,11H2,1-2H3,(H,17,18). The number of thioether (sulfide) groups is 1. The van der Waals surface area contributed by atoms with Crippen molar-refractivity contribution in [3.8, 4) is 0 Å². The van der Waals surface area contributed by atoms with Crippen LogP contribution in [0.25, 0.3) is 0 Å². The summed E-state index contributed by atoms with van der Waals surface area (Å²) in [6, 6.07) is 7.99. The molecule has 4 heteroatoms. The summed E-state index contributed by atoms with van der Waals surface area (Å²) in [6.45, 7) is 2.72. The monoisotopic (exact) mass is 293 g/mol. The molecule has 1 N–H and O–H groups in total. The van der Waals surface area contributed by atoms with Crippen molar-refractivity contribution in [1.82, 2.24) is 5.32 Å². The average Bonchev–Trinajstić information content (AvgIpc) is 2.87. The molecule has 0 aromatic heterocycles. The van der Waals surface area contributed by atoms with Crippen molar-refractivity contribution in [2.45, 2.75) is 44.1 Å². The Morgan fingerprint density at radius 2 is 2.30 bits per heavy atom. The van der Waals surface area contributed by atoms with E-state index in [2.05, 4.69) is 12.2 Å². The van der Waals surface area contributed by atoms with Crippen molar-refractivity contribution in [3.63, 3.8) is 0 Å². The molecule has 110 valence electrons. The number of nitrogens with one attached hydrogen (secondary N) is 1. The average molecular weight is 293 g/mol. The lowest BCUT2D eigenvalue weighted by molar-refractivity contribution is 0.0938. The number of amides is 1. The van der Waals surface area contributed by atoms with Gasteiger partial charge in [0.2, 0.25) is 0 Å². The zero-order valence-electron chi connectivity index (χ0n) is 12.2. The van der Waals surface area contributed by atoms with Gasteiger partial charge in [0.05, 0.1) is 6.61 Å². The van der Waals surface area contributed by atoms with E-state index in [1.54, 1.807) is 7.11 Å². The molecule has 1 saturated carbocycles. The zero-order valence-corrected chi connectivity index (χ0v) is 13.0. The van der Waals surface area contributed by atoms with E-state index in [9.17, 15) is 4.79 Å². The lowest BCUT2D eigenvalue weighted by Crippen LogP contribution is -2.38. The summed E-state index contributed by atoms with van der Waals surface area (Å²) in [4.78, 5) is 12.3. The summed E-state index contributed by atoms with van der Waals surface area (Å²) < 4.78 is 5.11. The predicted octanol–water partition coefficient (Wildman–Crippen LogP) is 3.24. The second-order valence-electron chi connectivity index (χ2n) is 5.14. The summed E-state index contributed by atoms with van der Waals surface area (Å²) in [7, 11) is 1.66. The van der Waals surface area contributed by atoms with E-state index in [1.807, 2.05) is 36.0 Å². The van der Waals surface area contributed by atoms with E-state index in [-0.39, 0.29) is 5.91 Å². The molecule has 2 atom stereocenters. The molecule has 0 aliphatic heterocycles. The zero-order chi connectivity index (χ0) is 14.4. The number of rotatable bonds is 6. The molecule has 20 heavy (non-hydrogen) atoms. The normalized spacial score (nSPS) is 21.9. The Morgan fingerprint density at radius 1 is 1.45 bits per heavy atom. The second-order valence-corrected chi connectivity index (χ2v) is 6.65. The van der Waals surface area contributed by atoms with Crippen LogP contribution in [-0.4, -0.2) is 30.1 Å². The smallest absolute Gasteiger partial charge is 0.251 e. The van der Waals surface area contributed by atoms with E-state index in [1.165, 1.54) is 12.8 Å². The number of benzene rings is 1. The van der Waals surface area contributed by atoms with Gasteiger partial charge in [-0.25, -0.2) is 0 Å². The molecular weight excluding hydrogens is 270 g/mol. The number of carbonyl (C=O) groups is 1. The first kappa shape index (κ1) is 15.4. The van der Waals surface area contributed by atoms with Gasteiger partial charge in [0.15, 0.2) is 0 Å². The van der Waals surface area contributed by atoms with Crippen LogP contribution in [0.3, 0.4) is 0 Å². The fraction of sp³-hybridized carbons (Fsp3) is 0.562. The maximum absolute atomic E-state index is 12.3. The molecule has 2 unspecified atom stereocenters. The van der Waals surface area contributed by atoms with Crippen LogP contribution >= 0.6 is 11.8 Å². The third-order valence-electron chi connectivity index (χ3n) is 3.65. The molecule has 3 nitrogen and oxygen atoms in total. The molecule has 0 heterocycles. The molecule has 1 aromatic carbocycles. The molecule has 2 rings (SSSR count). The van der Waals surface area contributed by atoms with E-state index >= 15 is 0 Å². The van der Waals surface area contributed by atoms with Crippen molar-refractivity contribution in [2.75, 3.05) is 12.9 Å². The minimum atomic E-state index is 0.0385.